The molecule has 1 aromatic rings. The molecule has 1 aliphatic rings. The van der Waals surface area contributed by atoms with Gasteiger partial charge in [0.2, 0.25) is 0 Å². The third-order valence-electron chi connectivity index (χ3n) is 3.58. The molecule has 4 nitrogen and oxygen atoms in total. The maximum atomic E-state index is 12.1. The van der Waals surface area contributed by atoms with Crippen molar-refractivity contribution in [2.45, 2.75) is 44.7 Å². The van der Waals surface area contributed by atoms with E-state index in [0.29, 0.717) is 12.6 Å². The molecule has 20 heavy (non-hydrogen) atoms. The van der Waals surface area contributed by atoms with Crippen LogP contribution in [0.25, 0.3) is 0 Å². The molecule has 0 amide bonds. The molecule has 0 bridgehead atoms. The molecule has 1 atom stereocenters. The van der Waals surface area contributed by atoms with Crippen LogP contribution in [0.4, 0.5) is 0 Å². The van der Waals surface area contributed by atoms with E-state index in [2.05, 4.69) is 5.32 Å². The number of benzene rings is 1. The highest BCUT2D eigenvalue weighted by Gasteiger charge is 2.27. The number of hydrogen-bond acceptors (Lipinski definition) is 4. The lowest BCUT2D eigenvalue weighted by molar-refractivity contribution is -0.146. The molecule has 5 heteroatoms. The first-order valence-electron chi connectivity index (χ1n) is 7.03. The molecular weight excluding hydrogens is 278 g/mol. The summed E-state index contributed by atoms with van der Waals surface area (Å²) in [4.78, 5) is 12.1. The van der Waals surface area contributed by atoms with Gasteiger partial charge in [-0.25, -0.2) is 4.79 Å². The van der Waals surface area contributed by atoms with Crippen LogP contribution in [0.15, 0.2) is 18.2 Å². The van der Waals surface area contributed by atoms with Crippen molar-refractivity contribution in [1.29, 1.82) is 0 Å². The largest absolute Gasteiger partial charge is 0.506 e. The van der Waals surface area contributed by atoms with E-state index in [1.54, 1.807) is 19.1 Å². The van der Waals surface area contributed by atoms with Crippen molar-refractivity contribution in [3.63, 3.8) is 0 Å². The molecule has 2 rings (SSSR count). The van der Waals surface area contributed by atoms with Gasteiger partial charge in [-0.3, -0.25) is 5.32 Å². The van der Waals surface area contributed by atoms with Crippen LogP contribution in [0.2, 0.25) is 5.02 Å². The molecule has 2 N–H and O–H groups in total. The van der Waals surface area contributed by atoms with Gasteiger partial charge in [-0.15, -0.1) is 0 Å². The highest BCUT2D eigenvalue weighted by Crippen LogP contribution is 2.29. The van der Waals surface area contributed by atoms with Crippen LogP contribution < -0.4 is 5.32 Å². The number of hydrogen-bond donors (Lipinski definition) is 2. The normalized spacial score (nSPS) is 17.1. The van der Waals surface area contributed by atoms with E-state index in [0.717, 1.165) is 18.4 Å². The Kier molecular flexibility index (Phi) is 5.26. The summed E-state index contributed by atoms with van der Waals surface area (Å²) in [6.07, 6.45) is 4.51. The maximum Gasteiger partial charge on any atom is 0.327 e. The molecule has 1 unspecified atom stereocenters. The van der Waals surface area contributed by atoms with Crippen molar-refractivity contribution in [2.24, 2.45) is 0 Å². The summed E-state index contributed by atoms with van der Waals surface area (Å²) >= 11 is 5.93. The average Bonchev–Trinajstić information content (AvgIpc) is 2.92. The first-order valence-corrected chi connectivity index (χ1v) is 7.40. The summed E-state index contributed by atoms with van der Waals surface area (Å²) < 4.78 is 5.13. The molecule has 0 radical (unpaired) electrons. The maximum absolute atomic E-state index is 12.1. The number of halogens is 1. The Balaban J connectivity index is 2.19. The van der Waals surface area contributed by atoms with E-state index in [9.17, 15) is 9.90 Å². The Labute approximate surface area is 124 Å². The van der Waals surface area contributed by atoms with Gasteiger partial charge in [0.05, 0.1) is 11.6 Å². The fourth-order valence-corrected chi connectivity index (χ4v) is 2.75. The highest BCUT2D eigenvalue weighted by atomic mass is 35.5. The molecule has 0 aliphatic heterocycles. The number of ether oxygens (including phenoxy) is 1. The number of phenolic OH excluding ortho intramolecular Hbond substituents is 1. The SMILES string of the molecule is CCOC(=O)C(NC1CCCC1)c1ccc(O)c(Cl)c1. The second-order valence-electron chi connectivity index (χ2n) is 5.04. The minimum Gasteiger partial charge on any atom is -0.506 e. The van der Waals surface area contributed by atoms with Crippen molar-refractivity contribution < 1.29 is 14.6 Å². The number of esters is 1. The Morgan fingerprint density at radius 3 is 2.80 bits per heavy atom. The van der Waals surface area contributed by atoms with E-state index in [-0.39, 0.29) is 16.7 Å². The van der Waals surface area contributed by atoms with Crippen LogP contribution >= 0.6 is 11.6 Å². The number of carbonyl (C=O) groups is 1. The standard InChI is InChI=1S/C15H20ClNO3/c1-2-20-15(19)14(17-11-5-3-4-6-11)10-7-8-13(18)12(16)9-10/h7-9,11,14,17-18H,2-6H2,1H3. The van der Waals surface area contributed by atoms with Crippen molar-refractivity contribution in [2.75, 3.05) is 6.61 Å². The van der Waals surface area contributed by atoms with Crippen LogP contribution in [-0.2, 0) is 9.53 Å². The van der Waals surface area contributed by atoms with Crippen molar-refractivity contribution in [1.82, 2.24) is 5.32 Å². The van der Waals surface area contributed by atoms with Crippen LogP contribution in [0, 0.1) is 0 Å². The fraction of sp³-hybridized carbons (Fsp3) is 0.533. The van der Waals surface area contributed by atoms with Crippen LogP contribution in [-0.4, -0.2) is 23.7 Å². The topological polar surface area (TPSA) is 58.6 Å². The lowest BCUT2D eigenvalue weighted by atomic mass is 10.0. The second-order valence-corrected chi connectivity index (χ2v) is 5.45. The summed E-state index contributed by atoms with van der Waals surface area (Å²) in [5, 5.41) is 13.1. The Hall–Kier alpha value is -1.26. The number of aromatic hydroxyl groups is 1. The predicted octanol–water partition coefficient (Wildman–Crippen LogP) is 3.18. The van der Waals surface area contributed by atoms with Gasteiger partial charge in [0.15, 0.2) is 0 Å². The summed E-state index contributed by atoms with van der Waals surface area (Å²) in [6, 6.07) is 4.61. The molecule has 0 saturated heterocycles. The molecule has 1 aromatic carbocycles. The van der Waals surface area contributed by atoms with Gasteiger partial charge in [0, 0.05) is 6.04 Å². The van der Waals surface area contributed by atoms with E-state index < -0.39 is 6.04 Å². The van der Waals surface area contributed by atoms with Crippen molar-refractivity contribution in [3.05, 3.63) is 28.8 Å². The minimum atomic E-state index is -0.531. The average molecular weight is 298 g/mol. The third-order valence-corrected chi connectivity index (χ3v) is 3.89. The van der Waals surface area contributed by atoms with Gasteiger partial charge in [-0.05, 0) is 37.5 Å². The Bertz CT molecular complexity index is 472. The Morgan fingerprint density at radius 2 is 2.20 bits per heavy atom. The van der Waals surface area contributed by atoms with Crippen LogP contribution in [0.3, 0.4) is 0 Å². The quantitative estimate of drug-likeness (QED) is 0.820. The van der Waals surface area contributed by atoms with Gasteiger partial charge in [-0.2, -0.15) is 0 Å². The number of nitrogens with one attached hydrogen (secondary N) is 1. The zero-order valence-electron chi connectivity index (χ0n) is 11.6. The lowest BCUT2D eigenvalue weighted by Crippen LogP contribution is -2.36. The zero-order valence-corrected chi connectivity index (χ0v) is 12.3. The first-order chi connectivity index (χ1) is 9.61. The highest BCUT2D eigenvalue weighted by molar-refractivity contribution is 6.32. The number of carbonyl (C=O) groups excluding carboxylic acids is 1. The molecule has 1 aliphatic carbocycles. The first kappa shape index (κ1) is 15.1. The molecule has 0 heterocycles. The van der Waals surface area contributed by atoms with Gasteiger partial charge < -0.3 is 9.84 Å². The van der Waals surface area contributed by atoms with Crippen molar-refractivity contribution in [3.8, 4) is 5.75 Å². The van der Waals surface area contributed by atoms with Crippen LogP contribution in [0.5, 0.6) is 5.75 Å². The molecule has 0 spiro atoms. The summed E-state index contributed by atoms with van der Waals surface area (Å²) in [7, 11) is 0. The number of rotatable bonds is 5. The van der Waals surface area contributed by atoms with E-state index >= 15 is 0 Å². The molecule has 0 aromatic heterocycles. The van der Waals surface area contributed by atoms with E-state index in [1.807, 2.05) is 0 Å². The molecular formula is C15H20ClNO3. The fourth-order valence-electron chi connectivity index (χ4n) is 2.56. The molecule has 1 saturated carbocycles. The monoisotopic (exact) mass is 297 g/mol. The van der Waals surface area contributed by atoms with Gasteiger partial charge >= 0.3 is 5.97 Å². The van der Waals surface area contributed by atoms with Gasteiger partial charge in [0.1, 0.15) is 11.8 Å². The van der Waals surface area contributed by atoms with E-state index in [4.69, 9.17) is 16.3 Å². The smallest absolute Gasteiger partial charge is 0.327 e. The molecule has 110 valence electrons. The summed E-state index contributed by atoms with van der Waals surface area (Å²) in [5.41, 5.74) is 0.721. The van der Waals surface area contributed by atoms with E-state index in [1.165, 1.54) is 18.9 Å². The minimum absolute atomic E-state index is 0.0129. The number of phenols is 1. The molecule has 1 fully saturated rings. The zero-order chi connectivity index (χ0) is 14.5. The second kappa shape index (κ2) is 6.95. The third kappa shape index (κ3) is 3.64. The lowest BCUT2D eigenvalue weighted by Gasteiger charge is -2.22. The van der Waals surface area contributed by atoms with Gasteiger partial charge in [0.25, 0.3) is 0 Å². The summed E-state index contributed by atoms with van der Waals surface area (Å²) in [5.74, 6) is -0.292. The predicted molar refractivity (Wildman–Crippen MR) is 77.9 cm³/mol. The Morgan fingerprint density at radius 1 is 1.50 bits per heavy atom. The summed E-state index contributed by atoms with van der Waals surface area (Å²) in [6.45, 7) is 2.13. The van der Waals surface area contributed by atoms with Gasteiger partial charge in [-0.1, -0.05) is 30.5 Å². The van der Waals surface area contributed by atoms with Crippen LogP contribution in [0.1, 0.15) is 44.2 Å². The van der Waals surface area contributed by atoms with Crippen molar-refractivity contribution >= 4 is 17.6 Å².